The first kappa shape index (κ1) is 12.2. The molecule has 0 aliphatic carbocycles. The number of rotatable bonds is 4. The van der Waals surface area contributed by atoms with Gasteiger partial charge in [0.25, 0.3) is 0 Å². The predicted molar refractivity (Wildman–Crippen MR) is 74.3 cm³/mol. The van der Waals surface area contributed by atoms with Crippen molar-refractivity contribution in [2.75, 3.05) is 0 Å². The average Bonchev–Trinajstić information content (AvgIpc) is 2.65. The average molecular weight is 230 g/mol. The molecule has 0 unspecified atom stereocenters. The van der Waals surface area contributed by atoms with E-state index in [4.69, 9.17) is 0 Å². The second kappa shape index (κ2) is 4.92. The highest BCUT2D eigenvalue weighted by Crippen LogP contribution is 2.23. The smallest absolute Gasteiger partial charge is 0.0512 e. The monoisotopic (exact) mass is 230 g/mol. The molecule has 0 bridgehead atoms. The summed E-state index contributed by atoms with van der Waals surface area (Å²) in [4.78, 5) is 0. The van der Waals surface area contributed by atoms with E-state index >= 15 is 0 Å². The number of fused-ring (bicyclic) bond motifs is 1. The molecule has 0 radical (unpaired) electrons. The number of benzene rings is 1. The van der Waals surface area contributed by atoms with Crippen molar-refractivity contribution in [1.82, 2.24) is 9.88 Å². The fourth-order valence-electron chi connectivity index (χ4n) is 2.38. The van der Waals surface area contributed by atoms with Crippen molar-refractivity contribution >= 4 is 10.9 Å². The Morgan fingerprint density at radius 3 is 2.71 bits per heavy atom. The van der Waals surface area contributed by atoms with E-state index in [2.05, 4.69) is 61.8 Å². The zero-order chi connectivity index (χ0) is 12.4. The lowest BCUT2D eigenvalue weighted by atomic mass is 10.2. The lowest BCUT2D eigenvalue weighted by molar-refractivity contribution is 0.564. The summed E-state index contributed by atoms with van der Waals surface area (Å²) in [5.41, 5.74) is 4.13. The summed E-state index contributed by atoms with van der Waals surface area (Å²) in [5, 5.41) is 4.85. The Kier molecular flexibility index (Phi) is 3.53. The van der Waals surface area contributed by atoms with E-state index in [0.717, 1.165) is 13.1 Å². The highest BCUT2D eigenvalue weighted by molar-refractivity contribution is 5.84. The van der Waals surface area contributed by atoms with Crippen molar-refractivity contribution in [3.8, 4) is 0 Å². The highest BCUT2D eigenvalue weighted by Gasteiger charge is 2.09. The summed E-state index contributed by atoms with van der Waals surface area (Å²) >= 11 is 0. The SMILES string of the molecule is CCn1c(CNC(C)C)cc2cccc(C)c21. The van der Waals surface area contributed by atoms with Gasteiger partial charge in [-0.3, -0.25) is 0 Å². The molecule has 0 amide bonds. The van der Waals surface area contributed by atoms with E-state index < -0.39 is 0 Å². The van der Waals surface area contributed by atoms with E-state index in [0.29, 0.717) is 6.04 Å². The normalized spacial score (nSPS) is 11.6. The molecule has 0 aliphatic rings. The van der Waals surface area contributed by atoms with Crippen molar-refractivity contribution < 1.29 is 0 Å². The molecule has 0 spiro atoms. The molecule has 2 nitrogen and oxygen atoms in total. The van der Waals surface area contributed by atoms with Crippen LogP contribution in [0.2, 0.25) is 0 Å². The second-order valence-corrected chi connectivity index (χ2v) is 4.93. The van der Waals surface area contributed by atoms with Crippen molar-refractivity contribution in [2.45, 2.75) is 46.8 Å². The summed E-state index contributed by atoms with van der Waals surface area (Å²) < 4.78 is 2.42. The molecule has 0 fully saturated rings. The Morgan fingerprint density at radius 2 is 2.06 bits per heavy atom. The zero-order valence-corrected chi connectivity index (χ0v) is 11.2. The van der Waals surface area contributed by atoms with Gasteiger partial charge in [0.15, 0.2) is 0 Å². The Balaban J connectivity index is 2.45. The van der Waals surface area contributed by atoms with Crippen molar-refractivity contribution in [2.24, 2.45) is 0 Å². The Morgan fingerprint density at radius 1 is 1.29 bits per heavy atom. The molecule has 0 atom stereocenters. The molecule has 0 saturated carbocycles. The summed E-state index contributed by atoms with van der Waals surface area (Å²) in [7, 11) is 0. The van der Waals surface area contributed by atoms with E-state index in [-0.39, 0.29) is 0 Å². The van der Waals surface area contributed by atoms with Gasteiger partial charge in [-0.1, -0.05) is 32.0 Å². The van der Waals surface area contributed by atoms with Crippen LogP contribution in [0.3, 0.4) is 0 Å². The molecule has 0 saturated heterocycles. The minimum Gasteiger partial charge on any atom is -0.343 e. The number of nitrogens with zero attached hydrogens (tertiary/aromatic N) is 1. The number of nitrogens with one attached hydrogen (secondary N) is 1. The molecule has 2 rings (SSSR count). The number of para-hydroxylation sites is 1. The summed E-state index contributed by atoms with van der Waals surface area (Å²) in [5.74, 6) is 0. The van der Waals surface area contributed by atoms with E-state index in [1.165, 1.54) is 22.2 Å². The molecule has 1 aromatic carbocycles. The van der Waals surface area contributed by atoms with Crippen LogP contribution in [0, 0.1) is 6.92 Å². The fourth-order valence-corrected chi connectivity index (χ4v) is 2.38. The largest absolute Gasteiger partial charge is 0.343 e. The number of aromatic nitrogens is 1. The van der Waals surface area contributed by atoms with Gasteiger partial charge in [0.05, 0.1) is 5.52 Å². The van der Waals surface area contributed by atoms with Gasteiger partial charge in [0.1, 0.15) is 0 Å². The van der Waals surface area contributed by atoms with Crippen LogP contribution in [-0.2, 0) is 13.1 Å². The number of aryl methyl sites for hydroxylation is 2. The molecule has 0 aliphatic heterocycles. The van der Waals surface area contributed by atoms with Crippen LogP contribution in [0.4, 0.5) is 0 Å². The third-order valence-corrected chi connectivity index (χ3v) is 3.22. The van der Waals surface area contributed by atoms with Crippen LogP contribution in [0.5, 0.6) is 0 Å². The maximum Gasteiger partial charge on any atom is 0.0512 e. The molecule has 1 heterocycles. The van der Waals surface area contributed by atoms with E-state index in [9.17, 15) is 0 Å². The maximum atomic E-state index is 3.50. The lowest BCUT2D eigenvalue weighted by Gasteiger charge is -2.12. The molecule has 92 valence electrons. The van der Waals surface area contributed by atoms with Gasteiger partial charge in [-0.25, -0.2) is 0 Å². The van der Waals surface area contributed by atoms with Gasteiger partial charge >= 0.3 is 0 Å². The molecule has 1 aromatic heterocycles. The summed E-state index contributed by atoms with van der Waals surface area (Å²) in [6.07, 6.45) is 0. The molecule has 1 N–H and O–H groups in total. The maximum absolute atomic E-state index is 3.50. The summed E-state index contributed by atoms with van der Waals surface area (Å²) in [6.45, 7) is 10.7. The highest BCUT2D eigenvalue weighted by atomic mass is 15.0. The van der Waals surface area contributed by atoms with Gasteiger partial charge in [-0.15, -0.1) is 0 Å². The topological polar surface area (TPSA) is 17.0 Å². The van der Waals surface area contributed by atoms with E-state index in [1.807, 2.05) is 0 Å². The Hall–Kier alpha value is -1.28. The molecule has 2 aromatic rings. The van der Waals surface area contributed by atoms with Gasteiger partial charge < -0.3 is 9.88 Å². The Bertz CT molecular complexity index is 509. The van der Waals surface area contributed by atoms with Crippen molar-refractivity contribution in [1.29, 1.82) is 0 Å². The first-order chi connectivity index (χ1) is 8.13. The fraction of sp³-hybridized carbons (Fsp3) is 0.467. The van der Waals surface area contributed by atoms with Crippen LogP contribution in [0.25, 0.3) is 10.9 Å². The number of hydrogen-bond donors (Lipinski definition) is 1. The first-order valence-corrected chi connectivity index (χ1v) is 6.44. The van der Waals surface area contributed by atoms with Crippen LogP contribution < -0.4 is 5.32 Å². The van der Waals surface area contributed by atoms with E-state index in [1.54, 1.807) is 0 Å². The van der Waals surface area contributed by atoms with Crippen molar-refractivity contribution in [3.63, 3.8) is 0 Å². The van der Waals surface area contributed by atoms with Crippen LogP contribution in [-0.4, -0.2) is 10.6 Å². The molecular formula is C15H22N2. The first-order valence-electron chi connectivity index (χ1n) is 6.44. The minimum atomic E-state index is 0.527. The van der Waals surface area contributed by atoms with Gasteiger partial charge in [0, 0.05) is 30.2 Å². The molecule has 17 heavy (non-hydrogen) atoms. The van der Waals surface area contributed by atoms with Gasteiger partial charge in [-0.05, 0) is 25.5 Å². The molecule has 2 heteroatoms. The Labute approximate surface area is 104 Å². The quantitative estimate of drug-likeness (QED) is 0.851. The predicted octanol–water partition coefficient (Wildman–Crippen LogP) is 3.47. The molecular weight excluding hydrogens is 208 g/mol. The summed E-state index contributed by atoms with van der Waals surface area (Å²) in [6, 6.07) is 9.36. The zero-order valence-electron chi connectivity index (χ0n) is 11.2. The van der Waals surface area contributed by atoms with Crippen LogP contribution in [0.1, 0.15) is 32.0 Å². The third kappa shape index (κ3) is 2.37. The van der Waals surface area contributed by atoms with Crippen LogP contribution >= 0.6 is 0 Å². The lowest BCUT2D eigenvalue weighted by Crippen LogP contribution is -2.23. The third-order valence-electron chi connectivity index (χ3n) is 3.22. The second-order valence-electron chi connectivity index (χ2n) is 4.93. The standard InChI is InChI=1S/C15H22N2/c1-5-17-14(10-16-11(2)3)9-13-8-6-7-12(4)15(13)17/h6-9,11,16H,5,10H2,1-4H3. The van der Waals surface area contributed by atoms with Crippen LogP contribution in [0.15, 0.2) is 24.3 Å². The number of hydrogen-bond acceptors (Lipinski definition) is 1. The van der Waals surface area contributed by atoms with Gasteiger partial charge in [-0.2, -0.15) is 0 Å². The van der Waals surface area contributed by atoms with Gasteiger partial charge in [0.2, 0.25) is 0 Å². The minimum absolute atomic E-state index is 0.527. The van der Waals surface area contributed by atoms with Crippen molar-refractivity contribution in [3.05, 3.63) is 35.5 Å².